The molecule has 0 spiro atoms. The van der Waals surface area contributed by atoms with Crippen LogP contribution in [0.5, 0.6) is 0 Å². The number of halogens is 1. The number of carbonyl (C=O) groups excluding carboxylic acids is 2. The number of hydrogen-bond acceptors (Lipinski definition) is 3. The Labute approximate surface area is 158 Å². The van der Waals surface area contributed by atoms with E-state index in [0.29, 0.717) is 25.9 Å². The SMILES string of the molecule is C[C@H]1CN(C(=O)CC[C@@]2(C3CC3)NC(=O)NC2O)CCc2ccc(F)cc21. The van der Waals surface area contributed by atoms with Crippen LogP contribution in [0.3, 0.4) is 0 Å². The van der Waals surface area contributed by atoms with Crippen LogP contribution in [0.25, 0.3) is 0 Å². The average Bonchev–Trinajstić information content (AvgIpc) is 3.44. The fourth-order valence-electron chi connectivity index (χ4n) is 4.62. The summed E-state index contributed by atoms with van der Waals surface area (Å²) in [6, 6.07) is 4.49. The minimum Gasteiger partial charge on any atom is -0.371 e. The minimum atomic E-state index is -0.958. The summed E-state index contributed by atoms with van der Waals surface area (Å²) in [4.78, 5) is 26.4. The molecule has 2 fully saturated rings. The molecule has 2 aliphatic heterocycles. The maximum absolute atomic E-state index is 13.6. The van der Waals surface area contributed by atoms with Gasteiger partial charge in [0.15, 0.2) is 6.23 Å². The molecule has 4 rings (SSSR count). The third-order valence-electron chi connectivity index (χ3n) is 6.30. The van der Waals surface area contributed by atoms with Crippen molar-refractivity contribution in [1.82, 2.24) is 15.5 Å². The quantitative estimate of drug-likeness (QED) is 0.752. The van der Waals surface area contributed by atoms with Gasteiger partial charge < -0.3 is 20.6 Å². The summed E-state index contributed by atoms with van der Waals surface area (Å²) in [6.45, 7) is 3.17. The summed E-state index contributed by atoms with van der Waals surface area (Å²) in [5.41, 5.74) is 1.33. The number of rotatable bonds is 4. The van der Waals surface area contributed by atoms with Crippen molar-refractivity contribution in [2.24, 2.45) is 5.92 Å². The Kier molecular flexibility index (Phi) is 4.58. The van der Waals surface area contributed by atoms with Gasteiger partial charge in [0.25, 0.3) is 0 Å². The molecule has 1 aromatic carbocycles. The smallest absolute Gasteiger partial charge is 0.317 e. The molecule has 0 bridgehead atoms. The molecule has 0 radical (unpaired) electrons. The average molecular weight is 375 g/mol. The van der Waals surface area contributed by atoms with E-state index < -0.39 is 11.8 Å². The van der Waals surface area contributed by atoms with Crippen molar-refractivity contribution in [2.75, 3.05) is 13.1 Å². The first-order valence-electron chi connectivity index (χ1n) is 9.72. The highest BCUT2D eigenvalue weighted by molar-refractivity contribution is 5.79. The first-order chi connectivity index (χ1) is 12.9. The molecule has 1 aromatic rings. The maximum Gasteiger partial charge on any atom is 0.317 e. The lowest BCUT2D eigenvalue weighted by Crippen LogP contribution is -2.52. The van der Waals surface area contributed by atoms with Gasteiger partial charge in [-0.1, -0.05) is 13.0 Å². The Morgan fingerprint density at radius 3 is 2.85 bits per heavy atom. The monoisotopic (exact) mass is 375 g/mol. The van der Waals surface area contributed by atoms with Gasteiger partial charge in [0, 0.05) is 19.5 Å². The van der Waals surface area contributed by atoms with Crippen molar-refractivity contribution >= 4 is 11.9 Å². The maximum atomic E-state index is 13.6. The molecule has 6 nitrogen and oxygen atoms in total. The van der Waals surface area contributed by atoms with Crippen LogP contribution in [0, 0.1) is 11.7 Å². The van der Waals surface area contributed by atoms with E-state index in [1.165, 1.54) is 6.07 Å². The second kappa shape index (κ2) is 6.78. The van der Waals surface area contributed by atoms with Gasteiger partial charge in [0.2, 0.25) is 5.91 Å². The lowest BCUT2D eigenvalue weighted by molar-refractivity contribution is -0.132. The van der Waals surface area contributed by atoms with Crippen LogP contribution in [0.2, 0.25) is 0 Å². The number of aliphatic hydroxyl groups excluding tert-OH is 1. The van der Waals surface area contributed by atoms with Gasteiger partial charge in [-0.3, -0.25) is 4.79 Å². The molecule has 3 amide bonds. The van der Waals surface area contributed by atoms with Crippen molar-refractivity contribution in [1.29, 1.82) is 0 Å². The summed E-state index contributed by atoms with van der Waals surface area (Å²) < 4.78 is 13.6. The predicted octanol–water partition coefficient (Wildman–Crippen LogP) is 1.87. The topological polar surface area (TPSA) is 81.7 Å². The predicted molar refractivity (Wildman–Crippen MR) is 97.5 cm³/mol. The summed E-state index contributed by atoms with van der Waals surface area (Å²) in [5.74, 6) is 0.0567. The van der Waals surface area contributed by atoms with Crippen LogP contribution < -0.4 is 10.6 Å². The van der Waals surface area contributed by atoms with Gasteiger partial charge in [0.05, 0.1) is 5.54 Å². The van der Waals surface area contributed by atoms with Gasteiger partial charge in [-0.05, 0) is 60.8 Å². The fraction of sp³-hybridized carbons (Fsp3) is 0.600. The van der Waals surface area contributed by atoms with Crippen LogP contribution in [0.4, 0.5) is 9.18 Å². The zero-order chi connectivity index (χ0) is 19.2. The van der Waals surface area contributed by atoms with E-state index in [0.717, 1.165) is 24.0 Å². The van der Waals surface area contributed by atoms with Crippen LogP contribution in [-0.4, -0.2) is 46.8 Å². The fourth-order valence-corrected chi connectivity index (χ4v) is 4.62. The molecular formula is C20H26FN3O3. The highest BCUT2D eigenvalue weighted by Gasteiger charge is 2.55. The number of nitrogens with one attached hydrogen (secondary N) is 2. The van der Waals surface area contributed by atoms with Crippen molar-refractivity contribution in [3.63, 3.8) is 0 Å². The highest BCUT2D eigenvalue weighted by atomic mass is 19.1. The number of carbonyl (C=O) groups is 2. The van der Waals surface area contributed by atoms with Gasteiger partial charge in [-0.2, -0.15) is 0 Å². The first-order valence-corrected chi connectivity index (χ1v) is 9.72. The zero-order valence-corrected chi connectivity index (χ0v) is 15.5. The lowest BCUT2D eigenvalue weighted by Gasteiger charge is -2.32. The molecule has 1 unspecified atom stereocenters. The van der Waals surface area contributed by atoms with E-state index in [2.05, 4.69) is 10.6 Å². The number of urea groups is 1. The molecule has 27 heavy (non-hydrogen) atoms. The Balaban J connectivity index is 1.42. The van der Waals surface area contributed by atoms with Gasteiger partial charge in [-0.15, -0.1) is 0 Å². The summed E-state index contributed by atoms with van der Waals surface area (Å²) in [7, 11) is 0. The van der Waals surface area contributed by atoms with E-state index in [-0.39, 0.29) is 36.0 Å². The number of nitrogens with zero attached hydrogens (tertiary/aromatic N) is 1. The Bertz CT molecular complexity index is 767. The van der Waals surface area contributed by atoms with Crippen molar-refractivity contribution in [3.05, 3.63) is 35.1 Å². The molecule has 3 atom stereocenters. The molecule has 1 saturated heterocycles. The van der Waals surface area contributed by atoms with Gasteiger partial charge in [-0.25, -0.2) is 9.18 Å². The number of benzene rings is 1. The minimum absolute atomic E-state index is 0.0171. The van der Waals surface area contributed by atoms with E-state index >= 15 is 0 Å². The van der Waals surface area contributed by atoms with E-state index in [1.807, 2.05) is 17.9 Å². The molecule has 7 heteroatoms. The summed E-state index contributed by atoms with van der Waals surface area (Å²) >= 11 is 0. The second-order valence-corrected chi connectivity index (χ2v) is 8.15. The highest BCUT2D eigenvalue weighted by Crippen LogP contribution is 2.45. The molecule has 3 aliphatic rings. The molecule has 0 aromatic heterocycles. The normalized spacial score (nSPS) is 30.3. The number of fused-ring (bicyclic) bond motifs is 1. The molecular weight excluding hydrogens is 349 g/mol. The number of amides is 3. The van der Waals surface area contributed by atoms with Crippen molar-refractivity contribution in [3.8, 4) is 0 Å². The second-order valence-electron chi connectivity index (χ2n) is 8.15. The largest absolute Gasteiger partial charge is 0.371 e. The summed E-state index contributed by atoms with van der Waals surface area (Å²) in [5, 5.41) is 15.7. The summed E-state index contributed by atoms with van der Waals surface area (Å²) in [6.07, 6.45) is 2.35. The first kappa shape index (κ1) is 18.2. The van der Waals surface area contributed by atoms with Crippen LogP contribution >= 0.6 is 0 Å². The van der Waals surface area contributed by atoms with E-state index in [9.17, 15) is 19.1 Å². The van der Waals surface area contributed by atoms with Crippen molar-refractivity contribution in [2.45, 2.75) is 56.7 Å². The molecule has 1 aliphatic carbocycles. The Morgan fingerprint density at radius 2 is 2.19 bits per heavy atom. The van der Waals surface area contributed by atoms with E-state index in [1.54, 1.807) is 6.07 Å². The van der Waals surface area contributed by atoms with Gasteiger partial charge >= 0.3 is 6.03 Å². The van der Waals surface area contributed by atoms with Crippen molar-refractivity contribution < 1.29 is 19.1 Å². The zero-order valence-electron chi connectivity index (χ0n) is 15.5. The molecule has 2 heterocycles. The third kappa shape index (κ3) is 3.40. The van der Waals surface area contributed by atoms with Crippen LogP contribution in [0.15, 0.2) is 18.2 Å². The van der Waals surface area contributed by atoms with E-state index in [4.69, 9.17) is 0 Å². The third-order valence-corrected chi connectivity index (χ3v) is 6.30. The Morgan fingerprint density at radius 1 is 1.41 bits per heavy atom. The van der Waals surface area contributed by atoms with Crippen LogP contribution in [0.1, 0.15) is 49.7 Å². The Hall–Kier alpha value is -2.15. The van der Waals surface area contributed by atoms with Gasteiger partial charge in [0.1, 0.15) is 5.82 Å². The standard InChI is InChI=1S/C20H26FN3O3/c1-12-11-24(9-7-13-2-5-15(21)10-16(12)13)17(25)6-8-20(14-3-4-14)18(26)22-19(27)23-20/h2,5,10,12,14,18,26H,3-4,6-9,11H2,1H3,(H2,22,23,27)/t12-,18?,20-/m0/s1. The lowest BCUT2D eigenvalue weighted by atomic mass is 9.86. The molecule has 3 N–H and O–H groups in total. The number of hydrogen-bond donors (Lipinski definition) is 3. The molecule has 146 valence electrons. The number of aliphatic hydroxyl groups is 1. The molecule has 1 saturated carbocycles. The van der Waals surface area contributed by atoms with Crippen LogP contribution in [-0.2, 0) is 11.2 Å².